The van der Waals surface area contributed by atoms with Gasteiger partial charge >= 0.3 is 0 Å². The number of nitrogens with two attached hydrogens (primary N) is 1. The molecule has 0 aliphatic carbocycles. The van der Waals surface area contributed by atoms with Gasteiger partial charge in [0, 0.05) is 23.9 Å². The van der Waals surface area contributed by atoms with Gasteiger partial charge in [0.15, 0.2) is 0 Å². The highest BCUT2D eigenvalue weighted by Crippen LogP contribution is 2.20. The van der Waals surface area contributed by atoms with E-state index in [2.05, 4.69) is 16.0 Å². The van der Waals surface area contributed by atoms with Crippen LogP contribution < -0.4 is 21.7 Å². The summed E-state index contributed by atoms with van der Waals surface area (Å²) in [5.41, 5.74) is 7.68. The van der Waals surface area contributed by atoms with Crippen LogP contribution in [0, 0.1) is 12.8 Å². The molecular formula is C28H40N4O8S. The minimum atomic E-state index is -3.61. The molecule has 0 aliphatic heterocycles. The van der Waals surface area contributed by atoms with Gasteiger partial charge in [0.25, 0.3) is 5.91 Å². The molecule has 0 saturated carbocycles. The number of aromatic hydroxyl groups is 1. The zero-order valence-corrected chi connectivity index (χ0v) is 24.4. The Morgan fingerprint density at radius 1 is 0.951 bits per heavy atom. The van der Waals surface area contributed by atoms with E-state index >= 15 is 0 Å². The molecule has 0 heterocycles. The lowest BCUT2D eigenvalue weighted by molar-refractivity contribution is -0.132. The lowest BCUT2D eigenvalue weighted by Gasteiger charge is -2.28. The van der Waals surface area contributed by atoms with Crippen molar-refractivity contribution in [3.63, 3.8) is 0 Å². The van der Waals surface area contributed by atoms with Gasteiger partial charge in [-0.1, -0.05) is 44.2 Å². The number of hydrogen-bond donors (Lipinski definition) is 7. The lowest BCUT2D eigenvalue weighted by Crippen LogP contribution is -2.59. The largest absolute Gasteiger partial charge is 0.508 e. The first kappa shape index (κ1) is 33.7. The first-order valence-electron chi connectivity index (χ1n) is 13.1. The number of aliphatic hydroxyl groups excluding tert-OH is 2. The number of hydrogen-bond acceptors (Lipinski definition) is 9. The van der Waals surface area contributed by atoms with Crippen molar-refractivity contribution in [2.45, 2.75) is 58.0 Å². The fourth-order valence-electron chi connectivity index (χ4n) is 4.14. The van der Waals surface area contributed by atoms with Gasteiger partial charge in [-0.2, -0.15) is 0 Å². The lowest BCUT2D eigenvalue weighted by atomic mass is 10.00. The molecule has 0 radical (unpaired) electrons. The molecule has 226 valence electrons. The highest BCUT2D eigenvalue weighted by Gasteiger charge is 2.32. The minimum Gasteiger partial charge on any atom is -0.508 e. The third kappa shape index (κ3) is 10.1. The van der Waals surface area contributed by atoms with E-state index in [4.69, 9.17) is 5.73 Å². The van der Waals surface area contributed by atoms with Crippen LogP contribution in [0.3, 0.4) is 0 Å². The van der Waals surface area contributed by atoms with E-state index in [0.717, 1.165) is 11.8 Å². The summed E-state index contributed by atoms with van der Waals surface area (Å²) in [6, 6.07) is 7.81. The number of rotatable bonds is 14. The summed E-state index contributed by atoms with van der Waals surface area (Å²) >= 11 is 0. The first-order valence-corrected chi connectivity index (χ1v) is 15.2. The molecule has 13 heteroatoms. The fraction of sp³-hybridized carbons (Fsp3) is 0.464. The van der Waals surface area contributed by atoms with E-state index in [1.165, 1.54) is 18.2 Å². The number of carbonyl (C=O) groups excluding carboxylic acids is 3. The second kappa shape index (κ2) is 14.9. The van der Waals surface area contributed by atoms with Crippen LogP contribution >= 0.6 is 0 Å². The van der Waals surface area contributed by atoms with Crippen LogP contribution in [-0.2, 0) is 32.4 Å². The highest BCUT2D eigenvalue weighted by molar-refractivity contribution is 7.90. The number of amides is 3. The predicted molar refractivity (Wildman–Crippen MR) is 154 cm³/mol. The number of benzene rings is 2. The number of sulfone groups is 1. The molecule has 41 heavy (non-hydrogen) atoms. The van der Waals surface area contributed by atoms with Gasteiger partial charge in [-0.25, -0.2) is 8.42 Å². The van der Waals surface area contributed by atoms with Crippen molar-refractivity contribution in [1.82, 2.24) is 16.0 Å². The molecule has 0 saturated heterocycles. The Balaban J connectivity index is 2.19. The van der Waals surface area contributed by atoms with Crippen LogP contribution in [0.4, 0.5) is 0 Å². The van der Waals surface area contributed by atoms with Crippen molar-refractivity contribution in [2.24, 2.45) is 11.7 Å². The molecule has 0 unspecified atom stereocenters. The van der Waals surface area contributed by atoms with Gasteiger partial charge < -0.3 is 37.0 Å². The van der Waals surface area contributed by atoms with Crippen LogP contribution in [0.15, 0.2) is 42.5 Å². The Labute approximate surface area is 240 Å². The summed E-state index contributed by atoms with van der Waals surface area (Å²) < 4.78 is 23.7. The van der Waals surface area contributed by atoms with Gasteiger partial charge in [0.2, 0.25) is 11.8 Å². The third-order valence-electron chi connectivity index (χ3n) is 6.58. The number of phenols is 1. The summed E-state index contributed by atoms with van der Waals surface area (Å²) in [6.07, 6.45) is -0.458. The molecule has 4 atom stereocenters. The number of phenolic OH excluding ortho intramolecular Hbond substituents is 1. The zero-order valence-electron chi connectivity index (χ0n) is 23.6. The number of carbonyl (C=O) groups is 3. The smallest absolute Gasteiger partial charge is 0.252 e. The molecule has 2 aromatic rings. The van der Waals surface area contributed by atoms with E-state index in [-0.39, 0.29) is 17.7 Å². The summed E-state index contributed by atoms with van der Waals surface area (Å²) in [6.45, 7) is 4.44. The minimum absolute atomic E-state index is 0.0628. The topological polar surface area (TPSA) is 208 Å². The third-order valence-corrected chi connectivity index (χ3v) is 7.53. The van der Waals surface area contributed by atoms with E-state index in [0.29, 0.717) is 17.7 Å². The number of nitrogens with one attached hydrogen (secondary N) is 3. The summed E-state index contributed by atoms with van der Waals surface area (Å²) in [4.78, 5) is 39.1. The average Bonchev–Trinajstić information content (AvgIpc) is 2.90. The number of aliphatic hydroxyl groups is 2. The van der Waals surface area contributed by atoms with E-state index < -0.39 is 70.1 Å². The van der Waals surface area contributed by atoms with Crippen molar-refractivity contribution in [2.75, 3.05) is 18.6 Å². The van der Waals surface area contributed by atoms with Crippen molar-refractivity contribution >= 4 is 27.6 Å². The van der Waals surface area contributed by atoms with Gasteiger partial charge in [-0.3, -0.25) is 14.4 Å². The molecule has 12 nitrogen and oxygen atoms in total. The van der Waals surface area contributed by atoms with Crippen molar-refractivity contribution in [1.29, 1.82) is 0 Å². The fourth-order valence-corrected chi connectivity index (χ4v) is 4.99. The molecule has 2 aromatic carbocycles. The van der Waals surface area contributed by atoms with Gasteiger partial charge in [-0.15, -0.1) is 0 Å². The van der Waals surface area contributed by atoms with Crippen LogP contribution in [0.5, 0.6) is 5.75 Å². The van der Waals surface area contributed by atoms with E-state index in [1.807, 2.05) is 0 Å². The normalized spacial score (nSPS) is 14.5. The van der Waals surface area contributed by atoms with Gasteiger partial charge in [-0.05, 0) is 42.5 Å². The molecule has 0 bridgehead atoms. The quantitative estimate of drug-likeness (QED) is 0.151. The maximum atomic E-state index is 13.1. The molecule has 3 amide bonds. The molecule has 0 fully saturated rings. The summed E-state index contributed by atoms with van der Waals surface area (Å²) in [5.74, 6) is -3.32. The molecule has 0 aliphatic rings. The first-order chi connectivity index (χ1) is 19.2. The summed E-state index contributed by atoms with van der Waals surface area (Å²) in [7, 11) is -3.61. The Bertz CT molecular complexity index is 1310. The highest BCUT2D eigenvalue weighted by atomic mass is 32.2. The Hall–Kier alpha value is -3.52. The van der Waals surface area contributed by atoms with Crippen LogP contribution in [0.2, 0.25) is 0 Å². The summed E-state index contributed by atoms with van der Waals surface area (Å²) in [5, 5.41) is 38.1. The van der Waals surface area contributed by atoms with Crippen LogP contribution in [-0.4, -0.2) is 84.3 Å². The monoisotopic (exact) mass is 592 g/mol. The van der Waals surface area contributed by atoms with E-state index in [1.54, 1.807) is 45.0 Å². The average molecular weight is 593 g/mol. The molecule has 8 N–H and O–H groups in total. The van der Waals surface area contributed by atoms with Crippen molar-refractivity contribution in [3.8, 4) is 5.75 Å². The molecule has 0 aromatic heterocycles. The standard InChI is InChI=1S/C28H40N4O8S/c1-16(2)25(32-26(36)20-6-5-7-23(34)17(20)3)28(38)31-22(14-33)27(37)30-21(24(35)15-41(4,39)40)12-18-8-10-19(13-29)11-9-18/h5-11,16,21-22,24-25,33-35H,12-15,29H2,1-4H3,(H,30,37)(H,31,38)(H,32,36)/t21-,22-,24-,25-/m0/s1. The SMILES string of the molecule is Cc1c(O)cccc1C(=O)N[C@H](C(=O)N[C@@H](CO)C(=O)N[C@@H](Cc1ccc(CN)cc1)[C@@H](O)CS(C)(=O)=O)C(C)C. The molecule has 0 spiro atoms. The van der Waals surface area contributed by atoms with Gasteiger partial charge in [0.05, 0.1) is 24.5 Å². The Morgan fingerprint density at radius 3 is 2.10 bits per heavy atom. The predicted octanol–water partition coefficient (Wildman–Crippen LogP) is -0.476. The molecule has 2 rings (SSSR count). The maximum absolute atomic E-state index is 13.1. The molecular weight excluding hydrogens is 552 g/mol. The Kier molecular flexibility index (Phi) is 12.3. The van der Waals surface area contributed by atoms with Gasteiger partial charge in [0.1, 0.15) is 27.7 Å². The van der Waals surface area contributed by atoms with Crippen LogP contribution in [0.1, 0.15) is 40.9 Å². The van der Waals surface area contributed by atoms with Crippen molar-refractivity contribution < 1.29 is 38.1 Å². The maximum Gasteiger partial charge on any atom is 0.252 e. The van der Waals surface area contributed by atoms with E-state index in [9.17, 15) is 38.1 Å². The Morgan fingerprint density at radius 2 is 1.56 bits per heavy atom. The van der Waals surface area contributed by atoms with Crippen LogP contribution in [0.25, 0.3) is 0 Å². The second-order valence-electron chi connectivity index (χ2n) is 10.4. The second-order valence-corrected chi connectivity index (χ2v) is 12.6. The zero-order chi connectivity index (χ0) is 30.9. The van der Waals surface area contributed by atoms with Crippen molar-refractivity contribution in [3.05, 3.63) is 64.7 Å².